The van der Waals surface area contributed by atoms with E-state index < -0.39 is 0 Å². The molecule has 0 aromatic rings. The molecule has 1 fully saturated rings. The summed E-state index contributed by atoms with van der Waals surface area (Å²) in [7, 11) is 0. The first kappa shape index (κ1) is 8.02. The van der Waals surface area contributed by atoms with Gasteiger partial charge in [-0.25, -0.2) is 0 Å². The van der Waals surface area contributed by atoms with Crippen LogP contribution in [0.1, 0.15) is 39.0 Å². The minimum absolute atomic E-state index is 0.457. The number of piperidine rings is 1. The number of hydrogen-bond donors (Lipinski definition) is 1. The molecule has 1 saturated heterocycles. The van der Waals surface area contributed by atoms with Crippen LogP contribution in [-0.2, 0) is 0 Å². The van der Waals surface area contributed by atoms with Gasteiger partial charge in [0.1, 0.15) is 0 Å². The van der Waals surface area contributed by atoms with Crippen molar-refractivity contribution in [1.29, 1.82) is 0 Å². The fraction of sp³-hybridized carbons (Fsp3) is 1.00. The van der Waals surface area contributed by atoms with Crippen LogP contribution in [-0.4, -0.2) is 22.9 Å². The lowest BCUT2D eigenvalue weighted by Gasteiger charge is -2.29. The molecule has 1 N–H and O–H groups in total. The van der Waals surface area contributed by atoms with E-state index >= 15 is 0 Å². The highest BCUT2D eigenvalue weighted by atomic mass is 16.5. The Morgan fingerprint density at radius 2 is 2.30 bits per heavy atom. The summed E-state index contributed by atoms with van der Waals surface area (Å²) in [6.45, 7) is 3.05. The van der Waals surface area contributed by atoms with Gasteiger partial charge in [-0.2, -0.15) is 5.06 Å². The summed E-state index contributed by atoms with van der Waals surface area (Å²) >= 11 is 0. The predicted molar refractivity (Wildman–Crippen MR) is 41.0 cm³/mol. The van der Waals surface area contributed by atoms with Crippen molar-refractivity contribution < 1.29 is 5.21 Å². The first-order valence-electron chi connectivity index (χ1n) is 4.30. The van der Waals surface area contributed by atoms with Crippen LogP contribution in [0.2, 0.25) is 0 Å². The van der Waals surface area contributed by atoms with Gasteiger partial charge in [-0.1, -0.05) is 19.8 Å². The molecule has 10 heavy (non-hydrogen) atoms. The topological polar surface area (TPSA) is 23.5 Å². The van der Waals surface area contributed by atoms with Crippen molar-refractivity contribution >= 4 is 0 Å². The molecule has 0 radical (unpaired) electrons. The van der Waals surface area contributed by atoms with E-state index in [-0.39, 0.29) is 0 Å². The Balaban J connectivity index is 2.25. The minimum atomic E-state index is 0.457. The van der Waals surface area contributed by atoms with Gasteiger partial charge in [0.05, 0.1) is 0 Å². The van der Waals surface area contributed by atoms with E-state index in [1.54, 1.807) is 0 Å². The lowest BCUT2D eigenvalue weighted by molar-refractivity contribution is -0.143. The van der Waals surface area contributed by atoms with Gasteiger partial charge in [0.25, 0.3) is 0 Å². The Bertz CT molecular complexity index is 93.3. The second kappa shape index (κ2) is 3.94. The Kier molecular flexibility index (Phi) is 3.16. The Labute approximate surface area is 62.8 Å². The summed E-state index contributed by atoms with van der Waals surface area (Å²) in [5, 5.41) is 10.9. The molecule has 0 aromatic carbocycles. The van der Waals surface area contributed by atoms with Crippen molar-refractivity contribution in [3.05, 3.63) is 0 Å². The van der Waals surface area contributed by atoms with E-state index in [4.69, 9.17) is 0 Å². The van der Waals surface area contributed by atoms with E-state index in [1.165, 1.54) is 24.3 Å². The molecule has 0 saturated carbocycles. The summed E-state index contributed by atoms with van der Waals surface area (Å²) in [4.78, 5) is 0. The van der Waals surface area contributed by atoms with E-state index in [2.05, 4.69) is 6.92 Å². The second-order valence-electron chi connectivity index (χ2n) is 3.10. The fourth-order valence-corrected chi connectivity index (χ4v) is 1.61. The molecule has 0 aliphatic carbocycles. The molecule has 0 spiro atoms. The summed E-state index contributed by atoms with van der Waals surface area (Å²) in [5.41, 5.74) is 0. The van der Waals surface area contributed by atoms with Gasteiger partial charge >= 0.3 is 0 Å². The van der Waals surface area contributed by atoms with Crippen LogP contribution in [0.25, 0.3) is 0 Å². The van der Waals surface area contributed by atoms with Crippen LogP contribution >= 0.6 is 0 Å². The number of hydroxylamine groups is 2. The average molecular weight is 143 g/mol. The Morgan fingerprint density at radius 3 is 2.90 bits per heavy atom. The van der Waals surface area contributed by atoms with Gasteiger partial charge in [-0.05, 0) is 19.3 Å². The van der Waals surface area contributed by atoms with Gasteiger partial charge in [-0.15, -0.1) is 0 Å². The highest BCUT2D eigenvalue weighted by Crippen LogP contribution is 2.18. The summed E-state index contributed by atoms with van der Waals surface area (Å²) in [6.07, 6.45) is 5.97. The van der Waals surface area contributed by atoms with Crippen molar-refractivity contribution in [2.45, 2.75) is 45.1 Å². The van der Waals surface area contributed by atoms with Crippen LogP contribution in [0.4, 0.5) is 0 Å². The molecule has 1 heterocycles. The fourth-order valence-electron chi connectivity index (χ4n) is 1.61. The third-order valence-corrected chi connectivity index (χ3v) is 2.22. The van der Waals surface area contributed by atoms with Crippen LogP contribution < -0.4 is 0 Å². The van der Waals surface area contributed by atoms with Gasteiger partial charge in [0.15, 0.2) is 0 Å². The largest absolute Gasteiger partial charge is 0.314 e. The summed E-state index contributed by atoms with van der Waals surface area (Å²) in [6, 6.07) is 0.457. The van der Waals surface area contributed by atoms with Crippen molar-refractivity contribution in [2.24, 2.45) is 0 Å². The minimum Gasteiger partial charge on any atom is -0.314 e. The lowest BCUT2D eigenvalue weighted by atomic mass is 10.0. The maximum absolute atomic E-state index is 9.33. The van der Waals surface area contributed by atoms with E-state index in [1.807, 2.05) is 0 Å². The SMILES string of the molecule is CCCC1CCCCN1O. The van der Waals surface area contributed by atoms with Crippen LogP contribution in [0.3, 0.4) is 0 Å². The van der Waals surface area contributed by atoms with Crippen molar-refractivity contribution in [3.8, 4) is 0 Å². The number of hydrogen-bond acceptors (Lipinski definition) is 2. The van der Waals surface area contributed by atoms with Crippen molar-refractivity contribution in [3.63, 3.8) is 0 Å². The molecule has 0 aromatic heterocycles. The second-order valence-corrected chi connectivity index (χ2v) is 3.10. The normalized spacial score (nSPS) is 28.8. The molecule has 2 heteroatoms. The predicted octanol–water partition coefficient (Wildman–Crippen LogP) is 2.03. The van der Waals surface area contributed by atoms with Gasteiger partial charge in [0, 0.05) is 12.6 Å². The molecular weight excluding hydrogens is 126 g/mol. The van der Waals surface area contributed by atoms with Crippen LogP contribution in [0, 0.1) is 0 Å². The third kappa shape index (κ3) is 1.96. The standard InChI is InChI=1S/C8H17NO/c1-2-5-8-6-3-4-7-9(8)10/h8,10H,2-7H2,1H3. The van der Waals surface area contributed by atoms with Crippen LogP contribution in [0.15, 0.2) is 0 Å². The molecule has 0 amide bonds. The molecule has 1 atom stereocenters. The van der Waals surface area contributed by atoms with Crippen LogP contribution in [0.5, 0.6) is 0 Å². The molecule has 1 rings (SSSR count). The van der Waals surface area contributed by atoms with Gasteiger partial charge in [0.2, 0.25) is 0 Å². The molecular formula is C8H17NO. The summed E-state index contributed by atoms with van der Waals surface area (Å²) < 4.78 is 0. The molecule has 1 aliphatic rings. The smallest absolute Gasteiger partial charge is 0.0350 e. The van der Waals surface area contributed by atoms with Crippen molar-refractivity contribution in [2.75, 3.05) is 6.54 Å². The first-order chi connectivity index (χ1) is 4.84. The zero-order chi connectivity index (χ0) is 7.40. The molecule has 1 aliphatic heterocycles. The summed E-state index contributed by atoms with van der Waals surface area (Å²) in [5.74, 6) is 0. The average Bonchev–Trinajstić information content (AvgIpc) is 1.94. The lowest BCUT2D eigenvalue weighted by Crippen LogP contribution is -2.36. The highest BCUT2D eigenvalue weighted by molar-refractivity contribution is 4.69. The zero-order valence-electron chi connectivity index (χ0n) is 6.71. The molecule has 2 nitrogen and oxygen atoms in total. The van der Waals surface area contributed by atoms with Gasteiger partial charge < -0.3 is 5.21 Å². The quantitative estimate of drug-likeness (QED) is 0.639. The molecule has 1 unspecified atom stereocenters. The number of rotatable bonds is 2. The van der Waals surface area contributed by atoms with E-state index in [0.717, 1.165) is 19.4 Å². The highest BCUT2D eigenvalue weighted by Gasteiger charge is 2.18. The molecule has 60 valence electrons. The maximum Gasteiger partial charge on any atom is 0.0350 e. The monoisotopic (exact) mass is 143 g/mol. The van der Waals surface area contributed by atoms with E-state index in [9.17, 15) is 5.21 Å². The third-order valence-electron chi connectivity index (χ3n) is 2.22. The van der Waals surface area contributed by atoms with E-state index in [0.29, 0.717) is 6.04 Å². The maximum atomic E-state index is 9.33. The van der Waals surface area contributed by atoms with Crippen molar-refractivity contribution in [1.82, 2.24) is 5.06 Å². The number of nitrogens with zero attached hydrogens (tertiary/aromatic N) is 1. The first-order valence-corrected chi connectivity index (χ1v) is 4.30. The van der Waals surface area contributed by atoms with Gasteiger partial charge in [-0.3, -0.25) is 0 Å². The molecule has 0 bridgehead atoms. The zero-order valence-corrected chi connectivity index (χ0v) is 6.71. The Morgan fingerprint density at radius 1 is 1.50 bits per heavy atom. The Hall–Kier alpha value is -0.0800.